The third kappa shape index (κ3) is 8.28. The van der Waals surface area contributed by atoms with Crippen molar-refractivity contribution < 1.29 is 18.4 Å². The second-order valence-electron chi connectivity index (χ2n) is 9.75. The average molecular weight is 562 g/mol. The minimum Gasteiger partial charge on any atom is -0.460 e. The number of benzene rings is 3. The third-order valence-corrected chi connectivity index (χ3v) is 6.94. The maximum Gasteiger partial charge on any atom is 0.253 e. The topological polar surface area (TPSA) is 83.4 Å². The average Bonchev–Trinajstić information content (AvgIpc) is 3.42. The van der Waals surface area contributed by atoms with Crippen LogP contribution >= 0.6 is 11.6 Å². The Morgan fingerprint density at radius 1 is 0.950 bits per heavy atom. The first-order valence-corrected chi connectivity index (χ1v) is 13.6. The molecule has 6 nitrogen and oxygen atoms in total. The maximum atomic E-state index is 13.3. The van der Waals surface area contributed by atoms with E-state index in [1.807, 2.05) is 12.1 Å². The number of aryl methyl sites for hydroxylation is 1. The number of furan rings is 1. The van der Waals surface area contributed by atoms with Crippen molar-refractivity contribution in [2.75, 3.05) is 13.6 Å². The van der Waals surface area contributed by atoms with E-state index in [1.54, 1.807) is 30.3 Å². The Kier molecular flexibility index (Phi) is 10.1. The van der Waals surface area contributed by atoms with Gasteiger partial charge in [0, 0.05) is 25.1 Å². The molecule has 1 atom stereocenters. The first kappa shape index (κ1) is 29.1. The molecular formula is C32H33ClFN3O3. The van der Waals surface area contributed by atoms with E-state index in [4.69, 9.17) is 16.0 Å². The van der Waals surface area contributed by atoms with Crippen molar-refractivity contribution in [2.24, 2.45) is 0 Å². The molecule has 0 saturated heterocycles. The summed E-state index contributed by atoms with van der Waals surface area (Å²) in [7, 11) is 1.54. The molecule has 4 rings (SSSR count). The van der Waals surface area contributed by atoms with Gasteiger partial charge in [-0.3, -0.25) is 9.59 Å². The molecule has 3 N–H and O–H groups in total. The van der Waals surface area contributed by atoms with E-state index >= 15 is 0 Å². The highest BCUT2D eigenvalue weighted by atomic mass is 35.5. The number of rotatable bonds is 12. The zero-order valence-electron chi connectivity index (χ0n) is 22.6. The zero-order chi connectivity index (χ0) is 28.5. The van der Waals surface area contributed by atoms with Crippen LogP contribution in [-0.4, -0.2) is 31.4 Å². The highest BCUT2D eigenvalue weighted by molar-refractivity contribution is 6.34. The summed E-state index contributed by atoms with van der Waals surface area (Å²) in [6.07, 6.45) is 1.34. The molecule has 0 saturated carbocycles. The molecular weight excluding hydrogens is 529 g/mol. The Morgan fingerprint density at radius 3 is 2.40 bits per heavy atom. The van der Waals surface area contributed by atoms with Crippen LogP contribution in [0.15, 0.2) is 83.3 Å². The zero-order valence-corrected chi connectivity index (χ0v) is 23.4. The number of nitrogens with one attached hydrogen (secondary N) is 3. The molecule has 0 aliphatic carbocycles. The van der Waals surface area contributed by atoms with Crippen molar-refractivity contribution in [3.63, 3.8) is 0 Å². The lowest BCUT2D eigenvalue weighted by Crippen LogP contribution is -2.40. The molecule has 0 bridgehead atoms. The second-order valence-corrected chi connectivity index (χ2v) is 10.2. The van der Waals surface area contributed by atoms with E-state index in [9.17, 15) is 14.0 Å². The molecule has 4 aromatic rings. The van der Waals surface area contributed by atoms with Crippen LogP contribution in [0.3, 0.4) is 0 Å². The molecule has 3 aromatic carbocycles. The van der Waals surface area contributed by atoms with E-state index < -0.39 is 11.9 Å². The van der Waals surface area contributed by atoms with Gasteiger partial charge in [0.05, 0.1) is 17.1 Å². The smallest absolute Gasteiger partial charge is 0.253 e. The van der Waals surface area contributed by atoms with Gasteiger partial charge in [0.25, 0.3) is 5.91 Å². The van der Waals surface area contributed by atoms with Crippen molar-refractivity contribution in [2.45, 2.75) is 38.8 Å². The molecule has 40 heavy (non-hydrogen) atoms. The highest BCUT2D eigenvalue weighted by Crippen LogP contribution is 2.27. The van der Waals surface area contributed by atoms with Gasteiger partial charge in [0.2, 0.25) is 5.91 Å². The monoisotopic (exact) mass is 561 g/mol. The maximum absolute atomic E-state index is 13.3. The van der Waals surface area contributed by atoms with Crippen LogP contribution < -0.4 is 16.0 Å². The SMILES string of the molecule is CNC(=O)C[C@@H](Cc1ccc(F)cc1)NC(=O)c1cc(-c2ccc(CNCCc3ccc(C)cc3)o2)ccc1Cl. The molecule has 1 heterocycles. The van der Waals surface area contributed by atoms with Gasteiger partial charge < -0.3 is 20.4 Å². The van der Waals surface area contributed by atoms with Gasteiger partial charge in [-0.25, -0.2) is 4.39 Å². The number of carbonyl (C=O) groups excluding carboxylic acids is 2. The number of carbonyl (C=O) groups is 2. The number of halogens is 2. The summed E-state index contributed by atoms with van der Waals surface area (Å²) in [5.74, 6) is 0.424. The third-order valence-electron chi connectivity index (χ3n) is 6.61. The summed E-state index contributed by atoms with van der Waals surface area (Å²) in [5.41, 5.74) is 4.30. The number of hydrogen-bond acceptors (Lipinski definition) is 4. The fourth-order valence-corrected chi connectivity index (χ4v) is 4.55. The van der Waals surface area contributed by atoms with E-state index in [2.05, 4.69) is 47.1 Å². The molecule has 0 spiro atoms. The van der Waals surface area contributed by atoms with Crippen LogP contribution in [0.5, 0.6) is 0 Å². The summed E-state index contributed by atoms with van der Waals surface area (Å²) in [5, 5.41) is 9.19. The molecule has 1 aromatic heterocycles. The van der Waals surface area contributed by atoms with Gasteiger partial charge in [-0.15, -0.1) is 0 Å². The molecule has 208 valence electrons. The van der Waals surface area contributed by atoms with Crippen LogP contribution in [0.25, 0.3) is 11.3 Å². The first-order chi connectivity index (χ1) is 19.3. The fraction of sp³-hybridized carbons (Fsp3) is 0.250. The Morgan fingerprint density at radius 2 is 1.68 bits per heavy atom. The van der Waals surface area contributed by atoms with Crippen molar-refractivity contribution in [3.05, 3.63) is 118 Å². The van der Waals surface area contributed by atoms with Gasteiger partial charge in [-0.1, -0.05) is 53.6 Å². The predicted octanol–water partition coefficient (Wildman–Crippen LogP) is 5.86. The van der Waals surface area contributed by atoms with Crippen LogP contribution in [0.2, 0.25) is 5.02 Å². The first-order valence-electron chi connectivity index (χ1n) is 13.2. The van der Waals surface area contributed by atoms with Gasteiger partial charge in [-0.05, 0) is 79.9 Å². The van der Waals surface area contributed by atoms with Crippen LogP contribution in [0.1, 0.15) is 39.2 Å². The molecule has 0 fully saturated rings. The molecule has 2 amide bonds. The van der Waals surface area contributed by atoms with Crippen molar-refractivity contribution >= 4 is 23.4 Å². The number of hydrogen-bond donors (Lipinski definition) is 3. The lowest BCUT2D eigenvalue weighted by atomic mass is 10.0. The van der Waals surface area contributed by atoms with Gasteiger partial charge >= 0.3 is 0 Å². The van der Waals surface area contributed by atoms with Crippen LogP contribution in [0, 0.1) is 12.7 Å². The van der Waals surface area contributed by atoms with Gasteiger partial charge in [0.1, 0.15) is 17.3 Å². The van der Waals surface area contributed by atoms with Crippen molar-refractivity contribution in [1.29, 1.82) is 0 Å². The van der Waals surface area contributed by atoms with Gasteiger partial charge in [-0.2, -0.15) is 0 Å². The Bertz CT molecular complexity index is 1430. The predicted molar refractivity (Wildman–Crippen MR) is 156 cm³/mol. The van der Waals surface area contributed by atoms with E-state index in [0.717, 1.165) is 24.3 Å². The van der Waals surface area contributed by atoms with E-state index in [1.165, 1.54) is 30.3 Å². The normalized spacial score (nSPS) is 11.7. The fourth-order valence-electron chi connectivity index (χ4n) is 4.35. The highest BCUT2D eigenvalue weighted by Gasteiger charge is 2.20. The second kappa shape index (κ2) is 13.9. The molecule has 0 aliphatic heterocycles. The van der Waals surface area contributed by atoms with E-state index in [-0.39, 0.29) is 28.7 Å². The van der Waals surface area contributed by atoms with Crippen molar-refractivity contribution in [1.82, 2.24) is 16.0 Å². The summed E-state index contributed by atoms with van der Waals surface area (Å²) >= 11 is 6.40. The van der Waals surface area contributed by atoms with Crippen molar-refractivity contribution in [3.8, 4) is 11.3 Å². The minimum atomic E-state index is -0.515. The minimum absolute atomic E-state index is 0.0649. The summed E-state index contributed by atoms with van der Waals surface area (Å²) < 4.78 is 19.4. The summed E-state index contributed by atoms with van der Waals surface area (Å²) in [6, 6.07) is 22.9. The Labute approximate surface area is 238 Å². The summed E-state index contributed by atoms with van der Waals surface area (Å²) in [4.78, 5) is 25.4. The lowest BCUT2D eigenvalue weighted by molar-refractivity contribution is -0.121. The van der Waals surface area contributed by atoms with Crippen LogP contribution in [0.4, 0.5) is 4.39 Å². The molecule has 0 aliphatic rings. The molecule has 8 heteroatoms. The largest absolute Gasteiger partial charge is 0.460 e. The van der Waals surface area contributed by atoms with Gasteiger partial charge in [0.15, 0.2) is 0 Å². The Balaban J connectivity index is 1.40. The summed E-state index contributed by atoms with van der Waals surface area (Å²) in [6.45, 7) is 3.48. The standard InChI is InChI=1S/C32H33ClFN3O3/c1-21-3-5-22(6-4-21)15-16-36-20-27-12-14-30(40-27)24-9-13-29(33)28(18-24)32(39)37-26(19-31(38)35-2)17-23-7-10-25(34)11-8-23/h3-14,18,26,36H,15-17,19-20H2,1-2H3,(H,35,38)(H,37,39)/t26-/m1/s1. The van der Waals surface area contributed by atoms with E-state index in [0.29, 0.717) is 24.3 Å². The lowest BCUT2D eigenvalue weighted by Gasteiger charge is -2.19. The molecule has 0 unspecified atom stereocenters. The molecule has 0 radical (unpaired) electrons. The Hall–Kier alpha value is -3.94. The van der Waals surface area contributed by atoms with Crippen LogP contribution in [-0.2, 0) is 24.2 Å². The number of amides is 2. The quantitative estimate of drug-likeness (QED) is 0.189.